The molecule has 0 aliphatic carbocycles. The second-order valence-corrected chi connectivity index (χ2v) is 7.63. The van der Waals surface area contributed by atoms with Gasteiger partial charge in [-0.2, -0.15) is 0 Å². The smallest absolute Gasteiger partial charge is 0.338 e. The van der Waals surface area contributed by atoms with Gasteiger partial charge in [-0.3, -0.25) is 9.63 Å². The maximum absolute atomic E-state index is 12.1. The van der Waals surface area contributed by atoms with Crippen molar-refractivity contribution in [1.82, 2.24) is 4.47 Å². The number of nitrogens with zero attached hydrogens (tertiary/aromatic N) is 1. The molecule has 2 aromatic rings. The lowest BCUT2D eigenvalue weighted by molar-refractivity contribution is -0.119. The van der Waals surface area contributed by atoms with Crippen LogP contribution in [0.25, 0.3) is 0 Å². The second kappa shape index (κ2) is 8.96. The van der Waals surface area contributed by atoms with Crippen LogP contribution >= 0.6 is 11.6 Å². The first-order valence-corrected chi connectivity index (χ1v) is 9.41. The van der Waals surface area contributed by atoms with Crippen LogP contribution < -0.4 is 5.32 Å². The Bertz CT molecular complexity index is 931. The molecule has 1 amide bonds. The number of anilines is 1. The predicted octanol–water partition coefficient (Wildman–Crippen LogP) is 2.32. The highest BCUT2D eigenvalue weighted by atomic mass is 35.5. The van der Waals surface area contributed by atoms with E-state index in [1.807, 2.05) is 0 Å². The van der Waals surface area contributed by atoms with E-state index in [4.69, 9.17) is 16.3 Å². The third-order valence-corrected chi connectivity index (χ3v) is 5.36. The van der Waals surface area contributed by atoms with E-state index < -0.39 is 28.5 Å². The van der Waals surface area contributed by atoms with Crippen molar-refractivity contribution in [1.29, 1.82) is 0 Å². The third-order valence-electron chi connectivity index (χ3n) is 3.43. The Kier molecular flexibility index (Phi) is 6.92. The topological polar surface area (TPSA) is 102 Å². The Balaban J connectivity index is 1.95. The van der Waals surface area contributed by atoms with E-state index in [0.29, 0.717) is 15.2 Å². The van der Waals surface area contributed by atoms with Crippen LogP contribution in [0.2, 0.25) is 5.02 Å². The highest BCUT2D eigenvalue weighted by Crippen LogP contribution is 2.16. The standard InChI is InChI=1S/C17H17ClN2O6S/c1-20(25-2)27(23,24)15-8-6-12(7-9-15)17(22)26-11-16(21)19-14-5-3-4-13(18)10-14/h3-10H,11H2,1-2H3,(H,19,21). The number of hydroxylamine groups is 1. The van der Waals surface area contributed by atoms with E-state index in [1.165, 1.54) is 38.4 Å². The predicted molar refractivity (Wildman–Crippen MR) is 98.8 cm³/mol. The summed E-state index contributed by atoms with van der Waals surface area (Å²) in [6, 6.07) is 11.6. The molecule has 144 valence electrons. The summed E-state index contributed by atoms with van der Waals surface area (Å²) in [4.78, 5) is 28.4. The Morgan fingerprint density at radius 3 is 2.41 bits per heavy atom. The molecule has 2 rings (SSSR count). The fourth-order valence-corrected chi connectivity index (χ4v) is 3.15. The van der Waals surface area contributed by atoms with Gasteiger partial charge in [0.2, 0.25) is 0 Å². The maximum Gasteiger partial charge on any atom is 0.338 e. The van der Waals surface area contributed by atoms with Crippen LogP contribution in [0.5, 0.6) is 0 Å². The molecule has 0 aliphatic rings. The highest BCUT2D eigenvalue weighted by molar-refractivity contribution is 7.89. The van der Waals surface area contributed by atoms with Gasteiger partial charge < -0.3 is 10.1 Å². The highest BCUT2D eigenvalue weighted by Gasteiger charge is 2.21. The van der Waals surface area contributed by atoms with Gasteiger partial charge in [0.15, 0.2) is 6.61 Å². The number of sulfonamides is 1. The summed E-state index contributed by atoms with van der Waals surface area (Å²) in [5.74, 6) is -1.30. The van der Waals surface area contributed by atoms with Gasteiger partial charge in [0, 0.05) is 17.8 Å². The average Bonchev–Trinajstić information content (AvgIpc) is 2.65. The van der Waals surface area contributed by atoms with Crippen molar-refractivity contribution in [2.45, 2.75) is 4.90 Å². The SMILES string of the molecule is CON(C)S(=O)(=O)c1ccc(C(=O)OCC(=O)Nc2cccc(Cl)c2)cc1. The summed E-state index contributed by atoms with van der Waals surface area (Å²) in [6.45, 7) is -0.502. The largest absolute Gasteiger partial charge is 0.452 e. The molecule has 0 spiro atoms. The normalized spacial score (nSPS) is 11.3. The molecule has 27 heavy (non-hydrogen) atoms. The Morgan fingerprint density at radius 1 is 1.15 bits per heavy atom. The Morgan fingerprint density at radius 2 is 1.81 bits per heavy atom. The number of esters is 1. The first-order chi connectivity index (χ1) is 12.7. The minimum Gasteiger partial charge on any atom is -0.452 e. The molecule has 0 bridgehead atoms. The quantitative estimate of drug-likeness (QED) is 0.553. The summed E-state index contributed by atoms with van der Waals surface area (Å²) in [5.41, 5.74) is 0.574. The van der Waals surface area contributed by atoms with Crippen LogP contribution in [0.1, 0.15) is 10.4 Å². The van der Waals surface area contributed by atoms with Gasteiger partial charge in [-0.25, -0.2) is 13.2 Å². The molecule has 2 aromatic carbocycles. The summed E-state index contributed by atoms with van der Waals surface area (Å²) in [6.07, 6.45) is 0. The molecule has 0 aliphatic heterocycles. The van der Waals surface area contributed by atoms with Crippen molar-refractivity contribution in [3.05, 3.63) is 59.1 Å². The van der Waals surface area contributed by atoms with Crippen molar-refractivity contribution in [3.8, 4) is 0 Å². The Labute approximate surface area is 161 Å². The van der Waals surface area contributed by atoms with Crippen molar-refractivity contribution in [2.75, 3.05) is 26.1 Å². The number of halogens is 1. The van der Waals surface area contributed by atoms with Crippen molar-refractivity contribution < 1.29 is 27.6 Å². The minimum absolute atomic E-state index is 0.0536. The average molecular weight is 413 g/mol. The van der Waals surface area contributed by atoms with E-state index in [9.17, 15) is 18.0 Å². The first kappa shape index (κ1) is 20.8. The molecule has 0 unspecified atom stereocenters. The van der Waals surface area contributed by atoms with Crippen LogP contribution in [-0.4, -0.2) is 45.5 Å². The second-order valence-electron chi connectivity index (χ2n) is 5.26. The van der Waals surface area contributed by atoms with E-state index in [2.05, 4.69) is 10.2 Å². The van der Waals surface area contributed by atoms with Gasteiger partial charge in [-0.1, -0.05) is 22.1 Å². The number of amides is 1. The number of nitrogens with one attached hydrogen (secondary N) is 1. The van der Waals surface area contributed by atoms with Gasteiger partial charge in [0.05, 0.1) is 17.6 Å². The monoisotopic (exact) mass is 412 g/mol. The zero-order valence-electron chi connectivity index (χ0n) is 14.5. The molecular formula is C17H17ClN2O6S. The lowest BCUT2D eigenvalue weighted by Crippen LogP contribution is -2.25. The molecule has 8 nitrogen and oxygen atoms in total. The number of ether oxygens (including phenoxy) is 1. The van der Waals surface area contributed by atoms with Crippen LogP contribution in [-0.2, 0) is 24.4 Å². The Hall–Kier alpha value is -2.46. The van der Waals surface area contributed by atoms with Crippen molar-refractivity contribution in [2.24, 2.45) is 0 Å². The fourth-order valence-electron chi connectivity index (χ4n) is 1.99. The van der Waals surface area contributed by atoms with Crippen LogP contribution in [0.3, 0.4) is 0 Å². The summed E-state index contributed by atoms with van der Waals surface area (Å²) < 4.78 is 29.8. The molecule has 0 aromatic heterocycles. The molecule has 0 saturated heterocycles. The molecule has 0 atom stereocenters. The zero-order valence-corrected chi connectivity index (χ0v) is 16.1. The van der Waals surface area contributed by atoms with E-state index in [0.717, 1.165) is 0 Å². The number of hydrogen-bond donors (Lipinski definition) is 1. The molecule has 0 radical (unpaired) electrons. The number of carbonyl (C=O) groups is 2. The van der Waals surface area contributed by atoms with Crippen LogP contribution in [0.4, 0.5) is 5.69 Å². The van der Waals surface area contributed by atoms with Gasteiger partial charge in [0.25, 0.3) is 15.9 Å². The zero-order chi connectivity index (χ0) is 20.0. The molecule has 0 fully saturated rings. The van der Waals surface area contributed by atoms with E-state index >= 15 is 0 Å². The van der Waals surface area contributed by atoms with Gasteiger partial charge in [-0.15, -0.1) is 0 Å². The molecule has 10 heteroatoms. The molecule has 1 N–H and O–H groups in total. The van der Waals surface area contributed by atoms with Gasteiger partial charge >= 0.3 is 5.97 Å². The van der Waals surface area contributed by atoms with Crippen molar-refractivity contribution >= 4 is 39.2 Å². The molecular weight excluding hydrogens is 396 g/mol. The summed E-state index contributed by atoms with van der Waals surface area (Å²) >= 11 is 5.82. The first-order valence-electron chi connectivity index (χ1n) is 7.59. The lowest BCUT2D eigenvalue weighted by atomic mass is 10.2. The van der Waals surface area contributed by atoms with E-state index in [-0.39, 0.29) is 10.5 Å². The van der Waals surface area contributed by atoms with Crippen LogP contribution in [0, 0.1) is 0 Å². The number of rotatable bonds is 7. The van der Waals surface area contributed by atoms with E-state index in [1.54, 1.807) is 24.3 Å². The van der Waals surface area contributed by atoms with Gasteiger partial charge in [-0.05, 0) is 42.5 Å². The number of carbonyl (C=O) groups excluding carboxylic acids is 2. The van der Waals surface area contributed by atoms with Crippen LogP contribution in [0.15, 0.2) is 53.4 Å². The number of benzene rings is 2. The fraction of sp³-hybridized carbons (Fsp3) is 0.176. The minimum atomic E-state index is -3.81. The number of hydrogen-bond acceptors (Lipinski definition) is 6. The third kappa shape index (κ3) is 5.51. The molecule has 0 heterocycles. The van der Waals surface area contributed by atoms with Crippen molar-refractivity contribution in [3.63, 3.8) is 0 Å². The molecule has 0 saturated carbocycles. The summed E-state index contributed by atoms with van der Waals surface area (Å²) in [5, 5.41) is 3.00. The lowest BCUT2D eigenvalue weighted by Gasteiger charge is -2.14. The van der Waals surface area contributed by atoms with Gasteiger partial charge in [0.1, 0.15) is 0 Å². The maximum atomic E-state index is 12.1. The summed E-state index contributed by atoms with van der Waals surface area (Å²) in [7, 11) is -1.35.